The van der Waals surface area contributed by atoms with E-state index < -0.39 is 0 Å². The molecule has 0 aromatic heterocycles. The maximum atomic E-state index is 5.50. The van der Waals surface area contributed by atoms with Crippen molar-refractivity contribution >= 4 is 37.5 Å². The Hall–Kier alpha value is -0.680. The van der Waals surface area contributed by atoms with Crippen LogP contribution in [0.15, 0.2) is 42.3 Å². The van der Waals surface area contributed by atoms with Gasteiger partial charge in [-0.3, -0.25) is 5.43 Å². The van der Waals surface area contributed by atoms with Gasteiger partial charge in [-0.2, -0.15) is 0 Å². The molecule has 0 saturated carbocycles. The first-order valence-electron chi connectivity index (χ1n) is 4.05. The summed E-state index contributed by atoms with van der Waals surface area (Å²) in [5.74, 6) is 0.786. The van der Waals surface area contributed by atoms with Crippen LogP contribution in [0.5, 0.6) is 0 Å². The molecule has 1 aliphatic heterocycles. The van der Waals surface area contributed by atoms with Gasteiger partial charge in [-0.15, -0.1) is 5.17 Å². The van der Waals surface area contributed by atoms with Crippen molar-refractivity contribution in [1.82, 2.24) is 5.43 Å². The van der Waals surface area contributed by atoms with Crippen molar-refractivity contribution in [3.05, 3.63) is 42.3 Å². The van der Waals surface area contributed by atoms with E-state index in [1.54, 1.807) is 11.4 Å². The average molecular weight is 320 g/mol. The van der Waals surface area contributed by atoms with E-state index >= 15 is 0 Å². The Balaban J connectivity index is 2.06. The molecule has 0 bridgehead atoms. The van der Waals surface area contributed by atoms with Gasteiger partial charge < -0.3 is 4.84 Å². The van der Waals surface area contributed by atoms with Crippen LogP contribution in [0.1, 0.15) is 0 Å². The molecule has 3 nitrogen and oxygen atoms in total. The van der Waals surface area contributed by atoms with Crippen LogP contribution in [-0.4, -0.2) is 3.74 Å². The van der Waals surface area contributed by atoms with Crippen molar-refractivity contribution in [1.29, 1.82) is 0 Å². The third kappa shape index (κ3) is 2.04. The predicted octanol–water partition coefficient (Wildman–Crippen LogP) is 2.90. The molecule has 1 heterocycles. The second-order valence-corrected chi connectivity index (χ2v) is 5.76. The monoisotopic (exact) mass is 318 g/mol. The van der Waals surface area contributed by atoms with E-state index in [1.165, 1.54) is 0 Å². The number of rotatable bonds is 2. The second kappa shape index (κ2) is 4.23. The van der Waals surface area contributed by atoms with Gasteiger partial charge in [-0.25, -0.2) is 0 Å². The normalized spacial score (nSPS) is 15.1. The molecule has 0 spiro atoms. The molecule has 1 aromatic carbocycles. The molecule has 1 aromatic rings. The zero-order chi connectivity index (χ0) is 9.97. The number of para-hydroxylation sites is 1. The van der Waals surface area contributed by atoms with Gasteiger partial charge in [0.2, 0.25) is 0 Å². The quantitative estimate of drug-likeness (QED) is 0.848. The Morgan fingerprint density at radius 1 is 1.21 bits per heavy atom. The fourth-order valence-electron chi connectivity index (χ4n) is 1.07. The minimum Gasteiger partial charge on any atom is -0.360 e. The molecule has 0 atom stereocenters. The van der Waals surface area contributed by atoms with Crippen LogP contribution in [0.4, 0.5) is 5.69 Å². The summed E-state index contributed by atoms with van der Waals surface area (Å²) in [7, 11) is 0. The van der Waals surface area contributed by atoms with Gasteiger partial charge in [0, 0.05) is 0 Å². The summed E-state index contributed by atoms with van der Waals surface area (Å²) in [5.41, 5.74) is 3.95. The molecular weight excluding hydrogens is 312 g/mol. The first kappa shape index (κ1) is 9.86. The van der Waals surface area contributed by atoms with Crippen LogP contribution in [0.2, 0.25) is 0 Å². The summed E-state index contributed by atoms with van der Waals surface area (Å²) in [6, 6.07) is 9.80. The van der Waals surface area contributed by atoms with Crippen LogP contribution in [-0.2, 0) is 4.84 Å². The van der Waals surface area contributed by atoms with Gasteiger partial charge in [0.25, 0.3) is 0 Å². The van der Waals surface area contributed by atoms with Crippen LogP contribution in [0, 0.1) is 0 Å². The zero-order valence-corrected chi connectivity index (χ0v) is 10.3. The number of hydrazine groups is 1. The molecule has 5 heteroatoms. The smallest absolute Gasteiger partial charge is 0.176 e. The highest BCUT2D eigenvalue weighted by atomic mass is 79.9. The lowest BCUT2D eigenvalue weighted by Gasteiger charge is -2.17. The molecule has 14 heavy (non-hydrogen) atoms. The van der Waals surface area contributed by atoms with Gasteiger partial charge in [-0.1, -0.05) is 50.1 Å². The van der Waals surface area contributed by atoms with Crippen LogP contribution in [0.3, 0.4) is 0 Å². The lowest BCUT2D eigenvalue weighted by molar-refractivity contribution is 0.193. The largest absolute Gasteiger partial charge is 0.360 e. The SMILES string of the molecule is BrC(Br)C1=CNN(c2ccccc2)O1. The number of nitrogens with zero attached hydrogens (tertiary/aromatic N) is 1. The van der Waals surface area contributed by atoms with E-state index in [-0.39, 0.29) is 3.74 Å². The van der Waals surface area contributed by atoms with Crippen LogP contribution in [0.25, 0.3) is 0 Å². The highest BCUT2D eigenvalue weighted by Crippen LogP contribution is 2.25. The third-order valence-electron chi connectivity index (χ3n) is 1.73. The topological polar surface area (TPSA) is 24.5 Å². The Morgan fingerprint density at radius 3 is 2.50 bits per heavy atom. The summed E-state index contributed by atoms with van der Waals surface area (Å²) < 4.78 is 0.0243. The summed E-state index contributed by atoms with van der Waals surface area (Å²) >= 11 is 6.72. The van der Waals surface area contributed by atoms with Crippen LogP contribution < -0.4 is 10.6 Å². The first-order chi connectivity index (χ1) is 6.77. The molecule has 74 valence electrons. The van der Waals surface area contributed by atoms with E-state index in [2.05, 4.69) is 37.3 Å². The van der Waals surface area contributed by atoms with E-state index in [4.69, 9.17) is 4.84 Å². The number of nitrogens with one attached hydrogen (secondary N) is 1. The van der Waals surface area contributed by atoms with Crippen molar-refractivity contribution < 1.29 is 4.84 Å². The van der Waals surface area contributed by atoms with Crippen molar-refractivity contribution in [3.8, 4) is 0 Å². The van der Waals surface area contributed by atoms with E-state index in [1.807, 2.05) is 30.3 Å². The predicted molar refractivity (Wildman–Crippen MR) is 62.9 cm³/mol. The van der Waals surface area contributed by atoms with Crippen LogP contribution >= 0.6 is 31.9 Å². The highest BCUT2D eigenvalue weighted by Gasteiger charge is 2.19. The number of hydrogen-bond donors (Lipinski definition) is 1. The first-order valence-corrected chi connectivity index (χ1v) is 5.88. The van der Waals surface area contributed by atoms with Gasteiger partial charge in [0.05, 0.1) is 11.9 Å². The molecule has 0 unspecified atom stereocenters. The minimum absolute atomic E-state index is 0.0243. The Kier molecular flexibility index (Phi) is 2.98. The second-order valence-electron chi connectivity index (χ2n) is 2.70. The molecule has 2 rings (SSSR count). The fraction of sp³-hybridized carbons (Fsp3) is 0.111. The molecule has 1 aliphatic rings. The Bertz CT molecular complexity index is 340. The number of anilines is 1. The summed E-state index contributed by atoms with van der Waals surface area (Å²) in [4.78, 5) is 5.50. The van der Waals surface area contributed by atoms with Gasteiger partial charge in [-0.05, 0) is 12.1 Å². The maximum absolute atomic E-state index is 5.50. The summed E-state index contributed by atoms with van der Waals surface area (Å²) in [6.07, 6.45) is 1.79. The standard InChI is InChI=1S/C9H8Br2N2O/c10-9(11)8-6-12-13(14-8)7-4-2-1-3-5-7/h1-6,9,12H. The average Bonchev–Trinajstić information content (AvgIpc) is 2.68. The van der Waals surface area contributed by atoms with Gasteiger partial charge >= 0.3 is 0 Å². The van der Waals surface area contributed by atoms with Crippen molar-refractivity contribution in [2.45, 2.75) is 3.74 Å². The Labute approximate surface area is 98.9 Å². The molecule has 0 saturated heterocycles. The number of benzene rings is 1. The van der Waals surface area contributed by atoms with E-state index in [9.17, 15) is 0 Å². The molecule has 0 aliphatic carbocycles. The molecule has 0 amide bonds. The highest BCUT2D eigenvalue weighted by molar-refractivity contribution is 9.24. The molecule has 0 radical (unpaired) electrons. The van der Waals surface area contributed by atoms with Crippen molar-refractivity contribution in [2.24, 2.45) is 0 Å². The number of alkyl halides is 2. The lowest BCUT2D eigenvalue weighted by atomic mass is 10.3. The van der Waals surface area contributed by atoms with Crippen molar-refractivity contribution in [3.63, 3.8) is 0 Å². The van der Waals surface area contributed by atoms with Gasteiger partial charge in [0.1, 0.15) is 3.74 Å². The number of allylic oxidation sites excluding steroid dienone is 1. The summed E-state index contributed by atoms with van der Waals surface area (Å²) in [5, 5.41) is 1.60. The fourth-order valence-corrected chi connectivity index (χ4v) is 1.51. The molecule has 1 N–H and O–H groups in total. The lowest BCUT2D eigenvalue weighted by Crippen LogP contribution is -2.28. The van der Waals surface area contributed by atoms with E-state index in [0.717, 1.165) is 11.4 Å². The zero-order valence-electron chi connectivity index (χ0n) is 7.15. The Morgan fingerprint density at radius 2 is 1.93 bits per heavy atom. The number of halogens is 2. The summed E-state index contributed by atoms with van der Waals surface area (Å²) in [6.45, 7) is 0. The van der Waals surface area contributed by atoms with E-state index in [0.29, 0.717) is 0 Å². The number of hydrogen-bond acceptors (Lipinski definition) is 3. The molecular formula is C9H8Br2N2O. The third-order valence-corrected chi connectivity index (χ3v) is 2.63. The molecule has 0 fully saturated rings. The maximum Gasteiger partial charge on any atom is 0.176 e. The minimum atomic E-state index is 0.0243. The van der Waals surface area contributed by atoms with Crippen molar-refractivity contribution in [2.75, 3.05) is 5.17 Å². The van der Waals surface area contributed by atoms with Gasteiger partial charge in [0.15, 0.2) is 5.76 Å².